The summed E-state index contributed by atoms with van der Waals surface area (Å²) in [5, 5.41) is 9.82. The molecule has 7 nitrogen and oxygen atoms in total. The van der Waals surface area contributed by atoms with Gasteiger partial charge in [-0.25, -0.2) is 4.98 Å². The number of carbonyl (C=O) groups is 1. The smallest absolute Gasteiger partial charge is 0.308 e. The molecule has 202 valence electrons. The molecule has 0 aliphatic carbocycles. The van der Waals surface area contributed by atoms with Crippen LogP contribution in [0.15, 0.2) is 83.3 Å². The first kappa shape index (κ1) is 26.5. The number of carboxylic acid groups (broad SMARTS) is 1. The second-order valence-electron chi connectivity index (χ2n) is 10.1. The molecule has 1 N–H and O–H groups in total. The highest BCUT2D eigenvalue weighted by atomic mass is 16.5. The lowest BCUT2D eigenvalue weighted by atomic mass is 9.90. The number of carboxylic acids is 1. The van der Waals surface area contributed by atoms with Gasteiger partial charge in [0.1, 0.15) is 17.3 Å². The van der Waals surface area contributed by atoms with Gasteiger partial charge in [-0.3, -0.25) is 9.69 Å². The molecule has 1 aromatic heterocycles. The number of ether oxygens (including phenoxy) is 2. The van der Waals surface area contributed by atoms with E-state index >= 15 is 0 Å². The van der Waals surface area contributed by atoms with Crippen LogP contribution in [0.2, 0.25) is 0 Å². The van der Waals surface area contributed by atoms with Crippen molar-refractivity contribution in [1.29, 1.82) is 0 Å². The minimum absolute atomic E-state index is 0.0769. The Morgan fingerprint density at radius 2 is 1.69 bits per heavy atom. The van der Waals surface area contributed by atoms with E-state index in [0.29, 0.717) is 25.5 Å². The highest BCUT2D eigenvalue weighted by Gasteiger charge is 2.37. The van der Waals surface area contributed by atoms with E-state index in [-0.39, 0.29) is 11.8 Å². The zero-order valence-corrected chi connectivity index (χ0v) is 22.4. The third-order valence-electron chi connectivity index (χ3n) is 7.34. The summed E-state index contributed by atoms with van der Waals surface area (Å²) in [5.41, 5.74) is 4.11. The molecule has 39 heavy (non-hydrogen) atoms. The monoisotopic (exact) mass is 526 g/mol. The molecule has 2 atom stereocenters. The number of aryl methyl sites for hydroxylation is 1. The van der Waals surface area contributed by atoms with E-state index in [2.05, 4.69) is 22.0 Å². The lowest BCUT2D eigenvalue weighted by molar-refractivity contribution is -0.142. The van der Waals surface area contributed by atoms with Gasteiger partial charge < -0.3 is 19.0 Å². The van der Waals surface area contributed by atoms with Crippen LogP contribution in [0.4, 0.5) is 0 Å². The molecule has 4 aromatic rings. The highest BCUT2D eigenvalue weighted by molar-refractivity contribution is 5.71. The van der Waals surface area contributed by atoms with Gasteiger partial charge >= 0.3 is 5.97 Å². The Morgan fingerprint density at radius 1 is 0.974 bits per heavy atom. The van der Waals surface area contributed by atoms with Crippen molar-refractivity contribution >= 4 is 5.97 Å². The minimum atomic E-state index is -0.714. The first-order valence-corrected chi connectivity index (χ1v) is 13.3. The number of benzene rings is 3. The summed E-state index contributed by atoms with van der Waals surface area (Å²) in [6.45, 7) is 4.53. The van der Waals surface area contributed by atoms with Crippen LogP contribution in [0.25, 0.3) is 11.5 Å². The molecule has 0 bridgehead atoms. The maximum Gasteiger partial charge on any atom is 0.308 e. The van der Waals surface area contributed by atoms with Gasteiger partial charge in [-0.2, -0.15) is 0 Å². The third-order valence-corrected chi connectivity index (χ3v) is 7.34. The number of rotatable bonds is 11. The zero-order chi connectivity index (χ0) is 27.2. The quantitative estimate of drug-likeness (QED) is 0.270. The summed E-state index contributed by atoms with van der Waals surface area (Å²) in [6, 6.07) is 25.8. The molecule has 2 heterocycles. The average Bonchev–Trinajstić information content (AvgIpc) is 3.53. The van der Waals surface area contributed by atoms with Crippen molar-refractivity contribution in [2.24, 2.45) is 11.8 Å². The fraction of sp³-hybridized carbons (Fsp3) is 0.312. The molecule has 0 amide bonds. The largest absolute Gasteiger partial charge is 0.497 e. The Morgan fingerprint density at radius 3 is 2.38 bits per heavy atom. The van der Waals surface area contributed by atoms with Gasteiger partial charge in [-0.05, 0) is 66.8 Å². The van der Waals surface area contributed by atoms with E-state index in [1.807, 2.05) is 73.7 Å². The van der Waals surface area contributed by atoms with Gasteiger partial charge in [0.15, 0.2) is 0 Å². The van der Waals surface area contributed by atoms with Crippen molar-refractivity contribution in [3.8, 4) is 23.0 Å². The normalized spacial score (nSPS) is 17.3. The molecular weight excluding hydrogens is 492 g/mol. The topological polar surface area (TPSA) is 85.0 Å². The Hall–Kier alpha value is -4.10. The number of aliphatic carboxylic acids is 1. The minimum Gasteiger partial charge on any atom is -0.497 e. The number of nitrogens with zero attached hydrogens (tertiary/aromatic N) is 2. The van der Waals surface area contributed by atoms with E-state index in [4.69, 9.17) is 13.9 Å². The second kappa shape index (κ2) is 12.2. The molecule has 1 aliphatic rings. The Kier molecular flexibility index (Phi) is 8.27. The van der Waals surface area contributed by atoms with E-state index < -0.39 is 5.97 Å². The van der Waals surface area contributed by atoms with Gasteiger partial charge in [0.05, 0.1) is 25.3 Å². The van der Waals surface area contributed by atoms with Crippen molar-refractivity contribution in [3.63, 3.8) is 0 Å². The molecule has 7 heteroatoms. The first-order chi connectivity index (χ1) is 19.0. The van der Waals surface area contributed by atoms with Crippen LogP contribution in [0.3, 0.4) is 0 Å². The lowest BCUT2D eigenvalue weighted by Gasteiger charge is -2.16. The van der Waals surface area contributed by atoms with Gasteiger partial charge in [0, 0.05) is 31.6 Å². The highest BCUT2D eigenvalue weighted by Crippen LogP contribution is 2.29. The maximum absolute atomic E-state index is 12.0. The maximum atomic E-state index is 12.0. The predicted molar refractivity (Wildman–Crippen MR) is 149 cm³/mol. The molecule has 0 radical (unpaired) electrons. The van der Waals surface area contributed by atoms with Crippen molar-refractivity contribution in [2.75, 3.05) is 26.8 Å². The fourth-order valence-electron chi connectivity index (χ4n) is 5.23. The second-order valence-corrected chi connectivity index (χ2v) is 10.1. The lowest BCUT2D eigenvalue weighted by Crippen LogP contribution is -2.24. The molecule has 0 unspecified atom stereocenters. The van der Waals surface area contributed by atoms with Crippen LogP contribution < -0.4 is 9.47 Å². The number of hydrogen-bond acceptors (Lipinski definition) is 6. The van der Waals surface area contributed by atoms with Crippen LogP contribution in [-0.4, -0.2) is 47.8 Å². The Balaban J connectivity index is 1.13. The Labute approximate surface area is 229 Å². The molecular formula is C32H34N2O5. The van der Waals surface area contributed by atoms with Crippen LogP contribution >= 0.6 is 0 Å². The van der Waals surface area contributed by atoms with Gasteiger partial charge in [0.2, 0.25) is 5.89 Å². The summed E-state index contributed by atoms with van der Waals surface area (Å²) in [7, 11) is 1.64. The number of methoxy groups -OCH3 is 1. The standard InChI is InChI=1S/C32H34N2O5/c1-22-30(33-31(39-22)25-10-14-27(37-2)15-11-25)16-17-38-28-12-8-23(9-13-28)18-26-20-34(21-29(26)32(35)36)19-24-6-4-3-5-7-24/h3-15,26,29H,16-21H2,1-2H3,(H,35,36)/t26-,29-/m0/s1. The van der Waals surface area contributed by atoms with Crippen LogP contribution in [0, 0.1) is 18.8 Å². The zero-order valence-electron chi connectivity index (χ0n) is 22.4. The summed E-state index contributed by atoms with van der Waals surface area (Å²) in [6.07, 6.45) is 1.36. The molecule has 3 aromatic carbocycles. The van der Waals surface area contributed by atoms with Crippen molar-refractivity contribution in [2.45, 2.75) is 26.3 Å². The number of oxazole rings is 1. The van der Waals surface area contributed by atoms with Gasteiger partial charge in [-0.15, -0.1) is 0 Å². The summed E-state index contributed by atoms with van der Waals surface area (Å²) >= 11 is 0. The van der Waals surface area contributed by atoms with E-state index in [1.165, 1.54) is 5.56 Å². The Bertz CT molecular complexity index is 1370. The average molecular weight is 527 g/mol. The fourth-order valence-corrected chi connectivity index (χ4v) is 5.23. The number of hydrogen-bond donors (Lipinski definition) is 1. The first-order valence-electron chi connectivity index (χ1n) is 13.3. The molecule has 0 spiro atoms. The molecule has 5 rings (SSSR count). The van der Waals surface area contributed by atoms with Crippen molar-refractivity contribution in [1.82, 2.24) is 9.88 Å². The molecule has 0 saturated carbocycles. The van der Waals surface area contributed by atoms with Crippen molar-refractivity contribution in [3.05, 3.63) is 101 Å². The third kappa shape index (κ3) is 6.67. The van der Waals surface area contributed by atoms with E-state index in [1.54, 1.807) is 7.11 Å². The summed E-state index contributed by atoms with van der Waals surface area (Å²) in [5.74, 6) is 1.94. The number of likely N-dealkylation sites (tertiary alicyclic amines) is 1. The van der Waals surface area contributed by atoms with Crippen LogP contribution in [-0.2, 0) is 24.2 Å². The van der Waals surface area contributed by atoms with Crippen LogP contribution in [0.5, 0.6) is 11.5 Å². The SMILES string of the molecule is COc1ccc(-c2nc(CCOc3ccc(C[C@H]4CN(Cc5ccccc5)C[C@@H]4C(=O)O)cc3)c(C)o2)cc1. The van der Waals surface area contributed by atoms with E-state index in [0.717, 1.165) is 53.6 Å². The number of aromatic nitrogens is 1. The molecule has 1 saturated heterocycles. The summed E-state index contributed by atoms with van der Waals surface area (Å²) < 4.78 is 17.1. The predicted octanol–water partition coefficient (Wildman–Crippen LogP) is 5.66. The van der Waals surface area contributed by atoms with Gasteiger partial charge in [-0.1, -0.05) is 42.5 Å². The molecule has 1 fully saturated rings. The van der Waals surface area contributed by atoms with Crippen molar-refractivity contribution < 1.29 is 23.8 Å². The summed E-state index contributed by atoms with van der Waals surface area (Å²) in [4.78, 5) is 18.9. The van der Waals surface area contributed by atoms with E-state index in [9.17, 15) is 9.90 Å². The van der Waals surface area contributed by atoms with Gasteiger partial charge in [0.25, 0.3) is 0 Å². The van der Waals surface area contributed by atoms with Crippen LogP contribution in [0.1, 0.15) is 22.6 Å². The molecule has 1 aliphatic heterocycles.